The van der Waals surface area contributed by atoms with Crippen LogP contribution in [0.3, 0.4) is 0 Å². The summed E-state index contributed by atoms with van der Waals surface area (Å²) in [5, 5.41) is 4.21. The van der Waals surface area contributed by atoms with Gasteiger partial charge in [-0.1, -0.05) is 59.8 Å². The third-order valence-corrected chi connectivity index (χ3v) is 4.48. The number of methoxy groups -OCH3 is 1. The SMILES string of the molecule is COc1ccc(-c2c(-c3ccccc3OCc3ccccc3)noc2N)cc1. The number of para-hydroxylation sites is 1. The van der Waals surface area contributed by atoms with Gasteiger partial charge in [-0.15, -0.1) is 0 Å². The van der Waals surface area contributed by atoms with Crippen molar-refractivity contribution in [2.75, 3.05) is 12.8 Å². The third kappa shape index (κ3) is 3.55. The molecular formula is C23H20N2O3. The van der Waals surface area contributed by atoms with Gasteiger partial charge in [0.1, 0.15) is 23.8 Å². The second kappa shape index (κ2) is 7.88. The molecule has 1 aromatic heterocycles. The molecule has 1 heterocycles. The van der Waals surface area contributed by atoms with Gasteiger partial charge in [-0.05, 0) is 35.4 Å². The predicted molar refractivity (Wildman–Crippen MR) is 109 cm³/mol. The summed E-state index contributed by atoms with van der Waals surface area (Å²) in [5.41, 5.74) is 10.3. The van der Waals surface area contributed by atoms with Gasteiger partial charge in [0.25, 0.3) is 0 Å². The van der Waals surface area contributed by atoms with E-state index in [0.29, 0.717) is 12.3 Å². The van der Waals surface area contributed by atoms with Crippen LogP contribution in [0, 0.1) is 0 Å². The Kier molecular flexibility index (Phi) is 4.97. The van der Waals surface area contributed by atoms with Crippen LogP contribution in [0.15, 0.2) is 83.4 Å². The lowest BCUT2D eigenvalue weighted by atomic mass is 10.00. The Bertz CT molecular complexity index is 1060. The average Bonchev–Trinajstić information content (AvgIpc) is 3.14. The number of nitrogen functional groups attached to an aromatic ring is 1. The third-order valence-electron chi connectivity index (χ3n) is 4.48. The molecule has 0 spiro atoms. The van der Waals surface area contributed by atoms with Gasteiger partial charge < -0.3 is 19.7 Å². The molecule has 0 atom stereocenters. The minimum absolute atomic E-state index is 0.262. The lowest BCUT2D eigenvalue weighted by molar-refractivity contribution is 0.307. The van der Waals surface area contributed by atoms with Crippen molar-refractivity contribution in [3.05, 3.63) is 84.4 Å². The largest absolute Gasteiger partial charge is 0.497 e. The summed E-state index contributed by atoms with van der Waals surface area (Å²) in [6.07, 6.45) is 0. The molecule has 0 aliphatic rings. The molecule has 0 saturated heterocycles. The first-order valence-electron chi connectivity index (χ1n) is 8.92. The maximum atomic E-state index is 6.10. The zero-order chi connectivity index (χ0) is 19.3. The fourth-order valence-corrected chi connectivity index (χ4v) is 3.05. The Hall–Kier alpha value is -3.73. The first kappa shape index (κ1) is 17.7. The monoisotopic (exact) mass is 372 g/mol. The van der Waals surface area contributed by atoms with E-state index in [9.17, 15) is 0 Å². The maximum Gasteiger partial charge on any atom is 0.230 e. The molecule has 3 aromatic carbocycles. The minimum atomic E-state index is 0.262. The van der Waals surface area contributed by atoms with Gasteiger partial charge in [0, 0.05) is 5.56 Å². The first-order valence-corrected chi connectivity index (χ1v) is 8.92. The Morgan fingerprint density at radius 2 is 1.61 bits per heavy atom. The molecule has 0 radical (unpaired) electrons. The summed E-state index contributed by atoms with van der Waals surface area (Å²) in [6.45, 7) is 0.461. The van der Waals surface area contributed by atoms with Gasteiger partial charge in [-0.3, -0.25) is 0 Å². The van der Waals surface area contributed by atoms with Crippen molar-refractivity contribution >= 4 is 5.88 Å². The van der Waals surface area contributed by atoms with Crippen molar-refractivity contribution in [1.29, 1.82) is 0 Å². The van der Waals surface area contributed by atoms with Gasteiger partial charge in [-0.2, -0.15) is 0 Å². The van der Waals surface area contributed by atoms with E-state index in [2.05, 4.69) is 5.16 Å². The average molecular weight is 372 g/mol. The standard InChI is InChI=1S/C23H20N2O3/c1-26-18-13-11-17(12-14-18)21-22(25-28-23(21)24)19-9-5-6-10-20(19)27-15-16-7-3-2-4-8-16/h2-14H,15,24H2,1H3. The van der Waals surface area contributed by atoms with E-state index >= 15 is 0 Å². The smallest absolute Gasteiger partial charge is 0.230 e. The van der Waals surface area contributed by atoms with Crippen LogP contribution in [-0.2, 0) is 6.61 Å². The van der Waals surface area contributed by atoms with Gasteiger partial charge in [0.2, 0.25) is 5.88 Å². The predicted octanol–water partition coefficient (Wildman–Crippen LogP) is 5.18. The number of nitrogens with two attached hydrogens (primary N) is 1. The molecule has 28 heavy (non-hydrogen) atoms. The number of benzene rings is 3. The van der Waals surface area contributed by atoms with Crippen molar-refractivity contribution in [3.63, 3.8) is 0 Å². The second-order valence-electron chi connectivity index (χ2n) is 6.27. The van der Waals surface area contributed by atoms with Crippen molar-refractivity contribution in [3.8, 4) is 33.9 Å². The van der Waals surface area contributed by atoms with E-state index in [1.54, 1.807) is 7.11 Å². The maximum absolute atomic E-state index is 6.10. The molecule has 5 nitrogen and oxygen atoms in total. The van der Waals surface area contributed by atoms with Crippen LogP contribution in [0.2, 0.25) is 0 Å². The van der Waals surface area contributed by atoms with Crippen LogP contribution < -0.4 is 15.2 Å². The van der Waals surface area contributed by atoms with Crippen molar-refractivity contribution in [2.24, 2.45) is 0 Å². The fraction of sp³-hybridized carbons (Fsp3) is 0.0870. The molecule has 2 N–H and O–H groups in total. The van der Waals surface area contributed by atoms with Crippen LogP contribution in [-0.4, -0.2) is 12.3 Å². The molecule has 0 aliphatic carbocycles. The van der Waals surface area contributed by atoms with E-state index in [0.717, 1.165) is 33.8 Å². The van der Waals surface area contributed by atoms with E-state index in [-0.39, 0.29) is 5.88 Å². The number of rotatable bonds is 6. The Labute approximate surface area is 163 Å². The summed E-state index contributed by atoms with van der Waals surface area (Å²) < 4.78 is 16.6. The summed E-state index contributed by atoms with van der Waals surface area (Å²) in [7, 11) is 1.63. The zero-order valence-corrected chi connectivity index (χ0v) is 15.5. The summed E-state index contributed by atoms with van der Waals surface area (Å²) in [6, 6.07) is 25.4. The highest BCUT2D eigenvalue weighted by Gasteiger charge is 2.20. The molecule has 0 unspecified atom stereocenters. The lowest BCUT2D eigenvalue weighted by Gasteiger charge is -2.11. The van der Waals surface area contributed by atoms with E-state index < -0.39 is 0 Å². The zero-order valence-electron chi connectivity index (χ0n) is 15.5. The minimum Gasteiger partial charge on any atom is -0.497 e. The van der Waals surface area contributed by atoms with Gasteiger partial charge >= 0.3 is 0 Å². The molecule has 5 heteroatoms. The quantitative estimate of drug-likeness (QED) is 0.505. The number of nitrogens with zero attached hydrogens (tertiary/aromatic N) is 1. The van der Waals surface area contributed by atoms with E-state index in [1.165, 1.54) is 0 Å². The molecule has 0 aliphatic heterocycles. The number of ether oxygens (including phenoxy) is 2. The lowest BCUT2D eigenvalue weighted by Crippen LogP contribution is -1.97. The number of hydrogen-bond donors (Lipinski definition) is 1. The van der Waals surface area contributed by atoms with Crippen LogP contribution in [0.5, 0.6) is 11.5 Å². The molecule has 0 amide bonds. The van der Waals surface area contributed by atoms with Crippen molar-refractivity contribution < 1.29 is 14.0 Å². The number of anilines is 1. The van der Waals surface area contributed by atoms with E-state index in [1.807, 2.05) is 78.9 Å². The number of aromatic nitrogens is 1. The summed E-state index contributed by atoms with van der Waals surface area (Å²) in [4.78, 5) is 0. The summed E-state index contributed by atoms with van der Waals surface area (Å²) >= 11 is 0. The van der Waals surface area contributed by atoms with Gasteiger partial charge in [0.05, 0.1) is 12.7 Å². The molecule has 0 bridgehead atoms. The normalized spacial score (nSPS) is 10.6. The first-order chi connectivity index (χ1) is 13.8. The van der Waals surface area contributed by atoms with Gasteiger partial charge in [0.15, 0.2) is 0 Å². The highest BCUT2D eigenvalue weighted by Crippen LogP contribution is 2.40. The molecule has 0 fully saturated rings. The van der Waals surface area contributed by atoms with Crippen LogP contribution in [0.4, 0.5) is 5.88 Å². The fourth-order valence-electron chi connectivity index (χ4n) is 3.05. The van der Waals surface area contributed by atoms with Crippen LogP contribution in [0.25, 0.3) is 22.4 Å². The Morgan fingerprint density at radius 3 is 2.36 bits per heavy atom. The molecular weight excluding hydrogens is 352 g/mol. The number of hydrogen-bond acceptors (Lipinski definition) is 5. The molecule has 0 saturated carbocycles. The molecule has 4 aromatic rings. The van der Waals surface area contributed by atoms with Crippen LogP contribution in [0.1, 0.15) is 5.56 Å². The Balaban J connectivity index is 1.70. The molecule has 4 rings (SSSR count). The second-order valence-corrected chi connectivity index (χ2v) is 6.27. The van der Waals surface area contributed by atoms with Crippen molar-refractivity contribution in [1.82, 2.24) is 5.16 Å². The van der Waals surface area contributed by atoms with E-state index in [4.69, 9.17) is 19.7 Å². The van der Waals surface area contributed by atoms with Crippen molar-refractivity contribution in [2.45, 2.75) is 6.61 Å². The summed E-state index contributed by atoms with van der Waals surface area (Å²) in [5.74, 6) is 1.75. The van der Waals surface area contributed by atoms with Gasteiger partial charge in [-0.25, -0.2) is 0 Å². The van der Waals surface area contributed by atoms with Crippen LogP contribution >= 0.6 is 0 Å². The highest BCUT2D eigenvalue weighted by atomic mass is 16.5. The highest BCUT2D eigenvalue weighted by molar-refractivity contribution is 5.88. The topological polar surface area (TPSA) is 70.5 Å². The molecule has 140 valence electrons. The Morgan fingerprint density at radius 1 is 0.893 bits per heavy atom.